The predicted molar refractivity (Wildman–Crippen MR) is 133 cm³/mol. The summed E-state index contributed by atoms with van der Waals surface area (Å²) in [7, 11) is 0. The molecule has 0 amide bonds. The van der Waals surface area contributed by atoms with E-state index >= 15 is 0 Å². The van der Waals surface area contributed by atoms with Crippen molar-refractivity contribution in [2.75, 3.05) is 0 Å². The van der Waals surface area contributed by atoms with Crippen molar-refractivity contribution in [3.05, 3.63) is 71.3 Å². The number of carboxylic acids is 2. The molecule has 4 N–H and O–H groups in total. The number of aliphatic hydroxyl groups is 2. The minimum atomic E-state index is -1.15. The molecule has 0 heterocycles. The van der Waals surface area contributed by atoms with Crippen molar-refractivity contribution >= 4 is 17.9 Å². The number of carbonyl (C=O) groups is 3. The number of ether oxygens (including phenoxy) is 1. The Hall–Kier alpha value is -3.23. The van der Waals surface area contributed by atoms with Gasteiger partial charge in [0.1, 0.15) is 6.61 Å². The first-order chi connectivity index (χ1) is 16.2. The quantitative estimate of drug-likeness (QED) is 0.392. The van der Waals surface area contributed by atoms with E-state index in [9.17, 15) is 24.6 Å². The van der Waals surface area contributed by atoms with E-state index in [1.807, 2.05) is 44.2 Å². The third-order valence-electron chi connectivity index (χ3n) is 5.19. The SMILES string of the molecule is CC(C)C(=O)O.CCC(O)C(C)C(C)(C)O.O=C(O)c1ccccc1C(=O)OCc1ccccc1. The average molecular weight is 491 g/mol. The fourth-order valence-electron chi connectivity index (χ4n) is 2.47. The minimum absolute atomic E-state index is 0.0550. The molecular weight excluding hydrogens is 452 g/mol. The van der Waals surface area contributed by atoms with Crippen molar-refractivity contribution in [2.45, 2.75) is 66.3 Å². The standard InChI is InChI=1S/C15H12O4.C8H18O2.C4H8O2/c16-14(17)12-8-4-5-9-13(12)15(18)19-10-11-6-2-1-3-7-11;1-5-7(9)6(2)8(3,4)10;1-3(2)4(5)6/h1-9H,10H2,(H,16,17);6-7,9-10H,5H2,1-4H3;3H,1-2H3,(H,5,6). The number of carbonyl (C=O) groups excluding carboxylic acids is 1. The molecule has 8 nitrogen and oxygen atoms in total. The molecule has 0 aliphatic carbocycles. The Morgan fingerprint density at radius 1 is 0.886 bits per heavy atom. The fraction of sp³-hybridized carbons (Fsp3) is 0.444. The molecule has 2 aromatic carbocycles. The molecule has 0 aromatic heterocycles. The van der Waals surface area contributed by atoms with Crippen molar-refractivity contribution in [2.24, 2.45) is 11.8 Å². The van der Waals surface area contributed by atoms with Gasteiger partial charge in [-0.2, -0.15) is 0 Å². The summed E-state index contributed by atoms with van der Waals surface area (Å²) in [5, 5.41) is 35.7. The summed E-state index contributed by atoms with van der Waals surface area (Å²) in [6.45, 7) is 10.6. The number of carboxylic acid groups (broad SMARTS) is 2. The molecule has 2 aromatic rings. The lowest BCUT2D eigenvalue weighted by Gasteiger charge is -2.29. The normalized spacial score (nSPS) is 12.3. The molecule has 35 heavy (non-hydrogen) atoms. The molecule has 0 radical (unpaired) electrons. The van der Waals surface area contributed by atoms with Gasteiger partial charge in [0.05, 0.1) is 28.7 Å². The Balaban J connectivity index is 0.000000606. The highest BCUT2D eigenvalue weighted by Crippen LogP contribution is 2.20. The largest absolute Gasteiger partial charge is 0.481 e. The Labute approximate surface area is 207 Å². The molecular formula is C27H38O8. The molecule has 0 fully saturated rings. The van der Waals surface area contributed by atoms with Crippen molar-refractivity contribution < 1.29 is 39.5 Å². The second-order valence-electron chi connectivity index (χ2n) is 8.82. The van der Waals surface area contributed by atoms with E-state index in [1.165, 1.54) is 12.1 Å². The Morgan fingerprint density at radius 2 is 1.34 bits per heavy atom. The minimum Gasteiger partial charge on any atom is -0.481 e. The van der Waals surface area contributed by atoms with Crippen LogP contribution in [0.3, 0.4) is 0 Å². The molecule has 0 aliphatic heterocycles. The number of aliphatic carboxylic acids is 1. The van der Waals surface area contributed by atoms with E-state index < -0.39 is 23.5 Å². The molecule has 0 bridgehead atoms. The monoisotopic (exact) mass is 490 g/mol. The highest BCUT2D eigenvalue weighted by atomic mass is 16.5. The Kier molecular flexibility index (Phi) is 14.2. The zero-order valence-corrected chi connectivity index (χ0v) is 21.3. The summed E-state index contributed by atoms with van der Waals surface area (Å²) in [6, 6.07) is 15.2. The highest BCUT2D eigenvalue weighted by molar-refractivity contribution is 6.02. The topological polar surface area (TPSA) is 141 Å². The van der Waals surface area contributed by atoms with Crippen LogP contribution < -0.4 is 0 Å². The van der Waals surface area contributed by atoms with Gasteiger partial charge in [-0.1, -0.05) is 70.2 Å². The smallest absolute Gasteiger partial charge is 0.339 e. The summed E-state index contributed by atoms with van der Waals surface area (Å²) in [4.78, 5) is 32.5. The second kappa shape index (κ2) is 15.6. The molecule has 2 rings (SSSR count). The van der Waals surface area contributed by atoms with Crippen molar-refractivity contribution in [1.82, 2.24) is 0 Å². The van der Waals surface area contributed by atoms with E-state index in [2.05, 4.69) is 0 Å². The number of rotatable bonds is 8. The van der Waals surface area contributed by atoms with Crippen LogP contribution in [-0.2, 0) is 16.1 Å². The first-order valence-corrected chi connectivity index (χ1v) is 11.4. The lowest BCUT2D eigenvalue weighted by molar-refractivity contribution is -0.140. The molecule has 0 saturated carbocycles. The third-order valence-corrected chi connectivity index (χ3v) is 5.19. The predicted octanol–water partition coefficient (Wildman–Crippen LogP) is 4.63. The summed E-state index contributed by atoms with van der Waals surface area (Å²) < 4.78 is 5.10. The number of aromatic carboxylic acids is 1. The first kappa shape index (κ1) is 31.8. The van der Waals surface area contributed by atoms with E-state index in [1.54, 1.807) is 39.8 Å². The summed E-state index contributed by atoms with van der Waals surface area (Å²) in [6.07, 6.45) is 0.311. The second-order valence-corrected chi connectivity index (χ2v) is 8.82. The van der Waals surface area contributed by atoms with Crippen molar-refractivity contribution in [1.29, 1.82) is 0 Å². The molecule has 0 saturated heterocycles. The van der Waals surface area contributed by atoms with Gasteiger partial charge < -0.3 is 25.2 Å². The number of benzene rings is 2. The fourth-order valence-corrected chi connectivity index (χ4v) is 2.47. The maximum atomic E-state index is 11.9. The molecule has 2 unspecified atom stereocenters. The van der Waals surface area contributed by atoms with Crippen LogP contribution in [0.15, 0.2) is 54.6 Å². The van der Waals surface area contributed by atoms with Gasteiger partial charge in [-0.05, 0) is 38.0 Å². The van der Waals surface area contributed by atoms with Gasteiger partial charge in [-0.3, -0.25) is 4.79 Å². The highest BCUT2D eigenvalue weighted by Gasteiger charge is 2.27. The first-order valence-electron chi connectivity index (χ1n) is 11.4. The van der Waals surface area contributed by atoms with Crippen LogP contribution >= 0.6 is 0 Å². The molecule has 194 valence electrons. The maximum absolute atomic E-state index is 11.9. The van der Waals surface area contributed by atoms with Crippen LogP contribution in [0.25, 0.3) is 0 Å². The molecule has 0 spiro atoms. The summed E-state index contributed by atoms with van der Waals surface area (Å²) in [5.74, 6) is -2.81. The summed E-state index contributed by atoms with van der Waals surface area (Å²) in [5.41, 5.74) is 0.0882. The lowest BCUT2D eigenvalue weighted by atomic mass is 9.87. The van der Waals surface area contributed by atoms with E-state index in [-0.39, 0.29) is 35.7 Å². The average Bonchev–Trinajstić information content (AvgIpc) is 2.82. The van der Waals surface area contributed by atoms with E-state index in [0.29, 0.717) is 6.42 Å². The summed E-state index contributed by atoms with van der Waals surface area (Å²) >= 11 is 0. The molecule has 2 atom stereocenters. The van der Waals surface area contributed by atoms with Gasteiger partial charge >= 0.3 is 17.9 Å². The van der Waals surface area contributed by atoms with Gasteiger partial charge in [-0.15, -0.1) is 0 Å². The zero-order valence-electron chi connectivity index (χ0n) is 21.3. The van der Waals surface area contributed by atoms with Gasteiger partial charge in [-0.25, -0.2) is 9.59 Å². The van der Waals surface area contributed by atoms with Crippen LogP contribution in [0.4, 0.5) is 0 Å². The van der Waals surface area contributed by atoms with Crippen molar-refractivity contribution in [3.63, 3.8) is 0 Å². The van der Waals surface area contributed by atoms with Gasteiger partial charge in [0.25, 0.3) is 0 Å². The maximum Gasteiger partial charge on any atom is 0.339 e. The zero-order chi connectivity index (χ0) is 27.2. The number of esters is 1. The molecule has 8 heteroatoms. The molecule has 0 aliphatic rings. The number of aliphatic hydroxyl groups excluding tert-OH is 1. The van der Waals surface area contributed by atoms with Gasteiger partial charge in [0.2, 0.25) is 0 Å². The van der Waals surface area contributed by atoms with Gasteiger partial charge in [0.15, 0.2) is 0 Å². The number of hydrogen-bond acceptors (Lipinski definition) is 6. The van der Waals surface area contributed by atoms with Crippen LogP contribution in [0.1, 0.15) is 74.2 Å². The van der Waals surface area contributed by atoms with Gasteiger partial charge in [0, 0.05) is 5.92 Å². The Morgan fingerprint density at radius 3 is 1.71 bits per heavy atom. The van der Waals surface area contributed by atoms with Crippen molar-refractivity contribution in [3.8, 4) is 0 Å². The Bertz CT molecular complexity index is 916. The lowest BCUT2D eigenvalue weighted by Crippen LogP contribution is -2.36. The number of hydrogen-bond donors (Lipinski definition) is 4. The van der Waals surface area contributed by atoms with Crippen LogP contribution in [-0.4, -0.2) is 50.0 Å². The van der Waals surface area contributed by atoms with E-state index in [4.69, 9.17) is 14.9 Å². The van der Waals surface area contributed by atoms with Crippen LogP contribution in [0.2, 0.25) is 0 Å². The third kappa shape index (κ3) is 12.7. The van der Waals surface area contributed by atoms with E-state index in [0.717, 1.165) is 5.56 Å². The van der Waals surface area contributed by atoms with Crippen LogP contribution in [0, 0.1) is 11.8 Å². The van der Waals surface area contributed by atoms with Crippen LogP contribution in [0.5, 0.6) is 0 Å².